The Hall–Kier alpha value is -0.860. The largest absolute Gasteiger partial charge is 0.481 e. The summed E-state index contributed by atoms with van der Waals surface area (Å²) in [6.07, 6.45) is 11.7. The van der Waals surface area contributed by atoms with E-state index in [4.69, 9.17) is 0 Å². The molecule has 3 nitrogen and oxygen atoms in total. The lowest BCUT2D eigenvalue weighted by atomic mass is 9.50. The first-order valence-corrected chi connectivity index (χ1v) is 12.4. The summed E-state index contributed by atoms with van der Waals surface area (Å²) >= 11 is 0. The van der Waals surface area contributed by atoms with Crippen LogP contribution in [0, 0.1) is 46.3 Å². The first-order valence-electron chi connectivity index (χ1n) is 12.4. The Bertz CT molecular complexity index is 611. The van der Waals surface area contributed by atoms with Crippen LogP contribution < -0.4 is 0 Å². The molecule has 3 saturated carbocycles. The summed E-state index contributed by atoms with van der Waals surface area (Å²) in [7, 11) is 0. The zero-order valence-electron chi connectivity index (χ0n) is 19.5. The highest BCUT2D eigenvalue weighted by atomic mass is 16.4. The molecule has 0 aliphatic heterocycles. The average molecular weight is 405 g/mol. The molecular formula is C26H44O3. The molecular weight excluding hydrogens is 360 g/mol. The Morgan fingerprint density at radius 3 is 2.38 bits per heavy atom. The molecule has 0 aromatic heterocycles. The van der Waals surface area contributed by atoms with Gasteiger partial charge in [0.1, 0.15) is 5.78 Å². The molecule has 3 aliphatic rings. The smallest absolute Gasteiger partial charge is 0.307 e. The molecule has 0 spiro atoms. The maximum atomic E-state index is 12.9. The molecule has 7 atom stereocenters. The van der Waals surface area contributed by atoms with Crippen LogP contribution in [0.3, 0.4) is 0 Å². The molecule has 0 heterocycles. The molecule has 3 rings (SSSR count). The van der Waals surface area contributed by atoms with Gasteiger partial charge in [-0.05, 0) is 73.5 Å². The number of Topliss-reactive ketones (excluding diaryl/α,β-unsaturated/α-hetero) is 1. The highest BCUT2D eigenvalue weighted by Crippen LogP contribution is 2.64. The number of rotatable bonds is 7. The lowest BCUT2D eigenvalue weighted by Crippen LogP contribution is -2.52. The van der Waals surface area contributed by atoms with E-state index >= 15 is 0 Å². The molecule has 0 amide bonds. The van der Waals surface area contributed by atoms with Crippen molar-refractivity contribution in [2.75, 3.05) is 0 Å². The highest BCUT2D eigenvalue weighted by molar-refractivity contribution is 5.86. The zero-order valence-corrected chi connectivity index (χ0v) is 19.5. The molecule has 0 saturated heterocycles. The van der Waals surface area contributed by atoms with Crippen molar-refractivity contribution >= 4 is 11.8 Å². The van der Waals surface area contributed by atoms with Crippen molar-refractivity contribution in [3.63, 3.8) is 0 Å². The van der Waals surface area contributed by atoms with Gasteiger partial charge in [-0.1, -0.05) is 60.3 Å². The maximum absolute atomic E-state index is 12.9. The number of carboxylic acid groups (broad SMARTS) is 1. The van der Waals surface area contributed by atoms with Gasteiger partial charge in [0.05, 0.1) is 5.92 Å². The molecule has 1 N–H and O–H groups in total. The Labute approximate surface area is 178 Å². The van der Waals surface area contributed by atoms with Gasteiger partial charge in [0.2, 0.25) is 0 Å². The molecule has 166 valence electrons. The fraction of sp³-hybridized carbons (Fsp3) is 0.923. The average Bonchev–Trinajstić information content (AvgIpc) is 2.99. The van der Waals surface area contributed by atoms with E-state index in [0.29, 0.717) is 24.0 Å². The monoisotopic (exact) mass is 404 g/mol. The van der Waals surface area contributed by atoms with Gasteiger partial charge in [0, 0.05) is 11.8 Å². The van der Waals surface area contributed by atoms with Crippen LogP contribution in [0.25, 0.3) is 0 Å². The van der Waals surface area contributed by atoms with Crippen molar-refractivity contribution in [3.8, 4) is 0 Å². The number of carbonyl (C=O) groups excluding carboxylic acids is 1. The number of fused-ring (bicyclic) bond motifs is 1. The Morgan fingerprint density at radius 1 is 1.03 bits per heavy atom. The van der Waals surface area contributed by atoms with E-state index in [1.165, 1.54) is 25.7 Å². The van der Waals surface area contributed by atoms with Crippen molar-refractivity contribution in [3.05, 3.63) is 0 Å². The third-order valence-corrected chi connectivity index (χ3v) is 9.56. The summed E-state index contributed by atoms with van der Waals surface area (Å²) in [5, 5.41) is 10.3. The molecule has 3 aliphatic carbocycles. The van der Waals surface area contributed by atoms with Crippen LogP contribution in [0.15, 0.2) is 0 Å². The molecule has 0 bridgehead atoms. The molecule has 3 heteroatoms. The second-order valence-electron chi connectivity index (χ2n) is 11.7. The predicted molar refractivity (Wildman–Crippen MR) is 118 cm³/mol. The van der Waals surface area contributed by atoms with Gasteiger partial charge in [0.15, 0.2) is 0 Å². The lowest BCUT2D eigenvalue weighted by molar-refractivity contribution is -0.161. The number of ketones is 1. The van der Waals surface area contributed by atoms with E-state index in [1.807, 2.05) is 0 Å². The predicted octanol–water partition coefficient (Wildman–Crippen LogP) is 6.74. The minimum atomic E-state index is -0.640. The summed E-state index contributed by atoms with van der Waals surface area (Å²) in [5.74, 6) is 1.69. The van der Waals surface area contributed by atoms with Crippen molar-refractivity contribution in [2.45, 2.75) is 105 Å². The van der Waals surface area contributed by atoms with Crippen LogP contribution in [0.2, 0.25) is 0 Å². The van der Waals surface area contributed by atoms with Crippen molar-refractivity contribution < 1.29 is 14.7 Å². The summed E-state index contributed by atoms with van der Waals surface area (Å²) in [4.78, 5) is 25.5. The molecule has 0 aromatic carbocycles. The van der Waals surface area contributed by atoms with Crippen LogP contribution in [0.5, 0.6) is 0 Å². The van der Waals surface area contributed by atoms with E-state index in [9.17, 15) is 14.7 Å². The molecule has 0 unspecified atom stereocenters. The lowest BCUT2D eigenvalue weighted by Gasteiger charge is -2.53. The second kappa shape index (κ2) is 8.71. The summed E-state index contributed by atoms with van der Waals surface area (Å²) in [6, 6.07) is 0. The Balaban J connectivity index is 1.79. The number of carbonyl (C=O) groups is 2. The normalized spacial score (nSPS) is 41.4. The van der Waals surface area contributed by atoms with Gasteiger partial charge < -0.3 is 5.11 Å². The van der Waals surface area contributed by atoms with Crippen LogP contribution in [-0.2, 0) is 9.59 Å². The number of hydrogen-bond acceptors (Lipinski definition) is 2. The van der Waals surface area contributed by atoms with E-state index in [-0.39, 0.29) is 23.2 Å². The van der Waals surface area contributed by atoms with E-state index < -0.39 is 11.4 Å². The van der Waals surface area contributed by atoms with Gasteiger partial charge in [0.25, 0.3) is 0 Å². The summed E-state index contributed by atoms with van der Waals surface area (Å²) < 4.78 is 0. The molecule has 29 heavy (non-hydrogen) atoms. The van der Waals surface area contributed by atoms with Crippen LogP contribution in [0.1, 0.15) is 105 Å². The van der Waals surface area contributed by atoms with Crippen LogP contribution in [0.4, 0.5) is 0 Å². The third kappa shape index (κ3) is 4.17. The second-order valence-corrected chi connectivity index (χ2v) is 11.7. The summed E-state index contributed by atoms with van der Waals surface area (Å²) in [6.45, 7) is 11.5. The maximum Gasteiger partial charge on any atom is 0.307 e. The van der Waals surface area contributed by atoms with Crippen LogP contribution >= 0.6 is 0 Å². The standard InChI is InChI=1S/C26H44O3/c1-17(2)9-8-10-18(3)19-12-13-20-23(24(28)29)21(14-16-25(19,20)4)26(5)15-7-6-11-22(26)27/h17-21,23H,6-16H2,1-5H3,(H,28,29)/t18-,19-,20+,21-,23-,25+,26+/m0/s1. The number of carboxylic acids is 1. The number of aliphatic carboxylic acids is 1. The van der Waals surface area contributed by atoms with E-state index in [1.54, 1.807) is 0 Å². The quantitative estimate of drug-likeness (QED) is 0.511. The SMILES string of the molecule is CC(C)CCC[C@H](C)[C@@H]1CC[C@@H]2[C@H](C(=O)O)[C@@H]([C@@]3(C)CCCCC3=O)CC[C@@]21C. The number of hydrogen-bond donors (Lipinski definition) is 1. The van der Waals surface area contributed by atoms with Crippen molar-refractivity contribution in [2.24, 2.45) is 46.3 Å². The van der Waals surface area contributed by atoms with E-state index in [0.717, 1.165) is 44.4 Å². The van der Waals surface area contributed by atoms with Gasteiger partial charge in [-0.25, -0.2) is 0 Å². The van der Waals surface area contributed by atoms with Crippen molar-refractivity contribution in [1.82, 2.24) is 0 Å². The molecule has 0 aromatic rings. The van der Waals surface area contributed by atoms with E-state index in [2.05, 4.69) is 34.6 Å². The van der Waals surface area contributed by atoms with Gasteiger partial charge >= 0.3 is 5.97 Å². The van der Waals surface area contributed by atoms with Crippen LogP contribution in [-0.4, -0.2) is 16.9 Å². The Kier molecular flexibility index (Phi) is 6.85. The third-order valence-electron chi connectivity index (χ3n) is 9.56. The highest BCUT2D eigenvalue weighted by Gasteiger charge is 2.60. The fourth-order valence-corrected chi connectivity index (χ4v) is 7.82. The molecule has 3 fully saturated rings. The topological polar surface area (TPSA) is 54.4 Å². The minimum Gasteiger partial charge on any atom is -0.481 e. The Morgan fingerprint density at radius 2 is 1.76 bits per heavy atom. The van der Waals surface area contributed by atoms with Gasteiger partial charge in [-0.15, -0.1) is 0 Å². The molecule has 0 radical (unpaired) electrons. The summed E-state index contributed by atoms with van der Waals surface area (Å²) in [5.41, 5.74) is -0.283. The van der Waals surface area contributed by atoms with Crippen molar-refractivity contribution in [1.29, 1.82) is 0 Å². The first kappa shape index (κ1) is 22.8. The first-order chi connectivity index (χ1) is 13.6. The van der Waals surface area contributed by atoms with Gasteiger partial charge in [-0.3, -0.25) is 9.59 Å². The fourth-order valence-electron chi connectivity index (χ4n) is 7.82. The zero-order chi connectivity index (χ0) is 21.4. The van der Waals surface area contributed by atoms with Gasteiger partial charge in [-0.2, -0.15) is 0 Å². The minimum absolute atomic E-state index is 0.0286.